The first-order valence-electron chi connectivity index (χ1n) is 4.73. The molecule has 0 unspecified atom stereocenters. The van der Waals surface area contributed by atoms with Gasteiger partial charge in [0, 0.05) is 6.20 Å². The van der Waals surface area contributed by atoms with Crippen LogP contribution < -0.4 is 0 Å². The second-order valence-corrected chi connectivity index (χ2v) is 3.54. The maximum atomic E-state index is 11.4. The Labute approximate surface area is 102 Å². The number of hydrogen-bond acceptors (Lipinski definition) is 5. The third-order valence-electron chi connectivity index (χ3n) is 2.05. The van der Waals surface area contributed by atoms with Crippen molar-refractivity contribution in [1.29, 1.82) is 0 Å². The fraction of sp³-hybridized carbons (Fsp3) is 0.0909. The molecule has 0 aliphatic rings. The summed E-state index contributed by atoms with van der Waals surface area (Å²) in [4.78, 5) is 23.4. The van der Waals surface area contributed by atoms with Crippen LogP contribution in [0.1, 0.15) is 10.4 Å². The summed E-state index contributed by atoms with van der Waals surface area (Å²) in [5.41, 5.74) is 1.42. The van der Waals surface area contributed by atoms with Crippen molar-refractivity contribution in [3.63, 3.8) is 0 Å². The maximum Gasteiger partial charge on any atom is 0.337 e. The number of pyridine rings is 1. The van der Waals surface area contributed by atoms with E-state index in [0.29, 0.717) is 17.0 Å². The van der Waals surface area contributed by atoms with Crippen molar-refractivity contribution in [3.8, 4) is 11.4 Å². The number of ether oxygens (including phenoxy) is 1. The van der Waals surface area contributed by atoms with Gasteiger partial charge in [0.1, 0.15) is 10.8 Å². The van der Waals surface area contributed by atoms with E-state index in [4.69, 9.17) is 11.6 Å². The lowest BCUT2D eigenvalue weighted by Crippen LogP contribution is -2.02. The standard InChI is InChI=1S/C11H8ClN3O2/c1-17-11(16)7-2-3-14-8(4-7)9-5-13-6-10(12)15-9/h2-6H,1H3. The molecule has 0 atom stereocenters. The van der Waals surface area contributed by atoms with Crippen molar-refractivity contribution in [2.45, 2.75) is 0 Å². The van der Waals surface area contributed by atoms with Gasteiger partial charge in [-0.15, -0.1) is 0 Å². The molecule has 0 spiro atoms. The number of esters is 1. The van der Waals surface area contributed by atoms with E-state index < -0.39 is 5.97 Å². The van der Waals surface area contributed by atoms with Gasteiger partial charge in [0.25, 0.3) is 0 Å². The molecule has 0 aliphatic carbocycles. The minimum absolute atomic E-state index is 0.271. The summed E-state index contributed by atoms with van der Waals surface area (Å²) in [5.74, 6) is -0.427. The summed E-state index contributed by atoms with van der Waals surface area (Å²) < 4.78 is 4.62. The summed E-state index contributed by atoms with van der Waals surface area (Å²) in [5, 5.41) is 0.271. The number of halogens is 1. The summed E-state index contributed by atoms with van der Waals surface area (Å²) in [6.07, 6.45) is 4.45. The molecule has 0 saturated carbocycles. The number of nitrogens with zero attached hydrogens (tertiary/aromatic N) is 3. The molecule has 0 radical (unpaired) electrons. The van der Waals surface area contributed by atoms with Crippen LogP contribution in [0.2, 0.25) is 5.15 Å². The monoisotopic (exact) mass is 249 g/mol. The third kappa shape index (κ3) is 2.57. The lowest BCUT2D eigenvalue weighted by Gasteiger charge is -2.02. The predicted molar refractivity (Wildman–Crippen MR) is 61.6 cm³/mol. The second-order valence-electron chi connectivity index (χ2n) is 3.15. The van der Waals surface area contributed by atoms with Crippen LogP contribution in [-0.4, -0.2) is 28.0 Å². The fourth-order valence-corrected chi connectivity index (χ4v) is 1.43. The fourth-order valence-electron chi connectivity index (χ4n) is 1.28. The predicted octanol–water partition coefficient (Wildman–Crippen LogP) is 1.98. The number of methoxy groups -OCH3 is 1. The number of hydrogen-bond donors (Lipinski definition) is 0. The van der Waals surface area contributed by atoms with Crippen molar-refractivity contribution in [3.05, 3.63) is 41.4 Å². The molecule has 6 heteroatoms. The molecule has 0 saturated heterocycles. The molecule has 2 rings (SSSR count). The van der Waals surface area contributed by atoms with E-state index in [2.05, 4.69) is 19.7 Å². The van der Waals surface area contributed by atoms with Gasteiger partial charge in [0.2, 0.25) is 0 Å². The first kappa shape index (κ1) is 11.5. The highest BCUT2D eigenvalue weighted by molar-refractivity contribution is 6.29. The van der Waals surface area contributed by atoms with Gasteiger partial charge in [0.15, 0.2) is 0 Å². The van der Waals surface area contributed by atoms with E-state index in [1.807, 2.05) is 0 Å². The maximum absolute atomic E-state index is 11.4. The Hall–Kier alpha value is -2.01. The molecule has 0 fully saturated rings. The molecule has 0 bridgehead atoms. The second kappa shape index (κ2) is 4.88. The lowest BCUT2D eigenvalue weighted by atomic mass is 10.2. The quantitative estimate of drug-likeness (QED) is 0.762. The van der Waals surface area contributed by atoms with Crippen molar-refractivity contribution in [2.75, 3.05) is 7.11 Å². The topological polar surface area (TPSA) is 65.0 Å². The Morgan fingerprint density at radius 2 is 2.18 bits per heavy atom. The van der Waals surface area contributed by atoms with E-state index in [1.54, 1.807) is 12.1 Å². The van der Waals surface area contributed by atoms with Crippen LogP contribution in [0.4, 0.5) is 0 Å². The van der Waals surface area contributed by atoms with Gasteiger partial charge in [-0.2, -0.15) is 0 Å². The van der Waals surface area contributed by atoms with Crippen LogP contribution >= 0.6 is 11.6 Å². The van der Waals surface area contributed by atoms with Gasteiger partial charge in [-0.05, 0) is 12.1 Å². The molecule has 2 aromatic rings. The van der Waals surface area contributed by atoms with Crippen LogP contribution in [0.25, 0.3) is 11.4 Å². The SMILES string of the molecule is COC(=O)c1ccnc(-c2cncc(Cl)n2)c1. The normalized spacial score (nSPS) is 10.0. The van der Waals surface area contributed by atoms with Gasteiger partial charge in [-0.1, -0.05) is 11.6 Å². The highest BCUT2D eigenvalue weighted by Gasteiger charge is 2.09. The van der Waals surface area contributed by atoms with Crippen molar-refractivity contribution < 1.29 is 9.53 Å². The number of aromatic nitrogens is 3. The Kier molecular flexibility index (Phi) is 3.30. The van der Waals surface area contributed by atoms with Gasteiger partial charge in [-0.3, -0.25) is 9.97 Å². The zero-order valence-corrected chi connectivity index (χ0v) is 9.68. The van der Waals surface area contributed by atoms with Gasteiger partial charge in [0.05, 0.1) is 30.8 Å². The molecule has 0 aromatic carbocycles. The Morgan fingerprint density at radius 1 is 1.35 bits per heavy atom. The van der Waals surface area contributed by atoms with Gasteiger partial charge < -0.3 is 4.74 Å². The first-order chi connectivity index (χ1) is 8.20. The van der Waals surface area contributed by atoms with E-state index >= 15 is 0 Å². The molecule has 0 N–H and O–H groups in total. The molecule has 2 aromatic heterocycles. The average molecular weight is 250 g/mol. The van der Waals surface area contributed by atoms with Crippen LogP contribution in [-0.2, 0) is 4.74 Å². The highest BCUT2D eigenvalue weighted by atomic mass is 35.5. The highest BCUT2D eigenvalue weighted by Crippen LogP contribution is 2.16. The molecule has 2 heterocycles. The minimum atomic E-state index is -0.427. The summed E-state index contributed by atoms with van der Waals surface area (Å²) in [7, 11) is 1.32. The zero-order chi connectivity index (χ0) is 12.3. The lowest BCUT2D eigenvalue weighted by molar-refractivity contribution is 0.0600. The Morgan fingerprint density at radius 3 is 2.88 bits per heavy atom. The number of carbonyl (C=O) groups excluding carboxylic acids is 1. The van der Waals surface area contributed by atoms with E-state index in [1.165, 1.54) is 25.7 Å². The van der Waals surface area contributed by atoms with Crippen molar-refractivity contribution >= 4 is 17.6 Å². The third-order valence-corrected chi connectivity index (χ3v) is 2.23. The number of carbonyl (C=O) groups is 1. The van der Waals surface area contributed by atoms with Crippen LogP contribution in [0.3, 0.4) is 0 Å². The summed E-state index contributed by atoms with van der Waals surface area (Å²) in [6.45, 7) is 0. The van der Waals surface area contributed by atoms with Crippen LogP contribution in [0.15, 0.2) is 30.7 Å². The van der Waals surface area contributed by atoms with E-state index in [0.717, 1.165) is 0 Å². The summed E-state index contributed by atoms with van der Waals surface area (Å²) in [6, 6.07) is 3.14. The summed E-state index contributed by atoms with van der Waals surface area (Å²) >= 11 is 5.73. The Balaban J connectivity index is 2.43. The van der Waals surface area contributed by atoms with Crippen molar-refractivity contribution in [1.82, 2.24) is 15.0 Å². The minimum Gasteiger partial charge on any atom is -0.465 e. The average Bonchev–Trinajstić information content (AvgIpc) is 2.38. The zero-order valence-electron chi connectivity index (χ0n) is 8.92. The molecule has 5 nitrogen and oxygen atoms in total. The largest absolute Gasteiger partial charge is 0.465 e. The molecule has 0 amide bonds. The molecule has 17 heavy (non-hydrogen) atoms. The van der Waals surface area contributed by atoms with Gasteiger partial charge in [-0.25, -0.2) is 9.78 Å². The van der Waals surface area contributed by atoms with Crippen LogP contribution in [0.5, 0.6) is 0 Å². The smallest absolute Gasteiger partial charge is 0.337 e. The van der Waals surface area contributed by atoms with E-state index in [-0.39, 0.29) is 5.15 Å². The number of rotatable bonds is 2. The van der Waals surface area contributed by atoms with Crippen molar-refractivity contribution in [2.24, 2.45) is 0 Å². The molecular weight excluding hydrogens is 242 g/mol. The molecule has 0 aliphatic heterocycles. The van der Waals surface area contributed by atoms with Gasteiger partial charge >= 0.3 is 5.97 Å². The van der Waals surface area contributed by atoms with Crippen LogP contribution in [0, 0.1) is 0 Å². The van der Waals surface area contributed by atoms with E-state index in [9.17, 15) is 4.79 Å². The first-order valence-corrected chi connectivity index (χ1v) is 5.11. The molecular formula is C11H8ClN3O2. The molecule has 86 valence electrons. The Bertz CT molecular complexity index is 560.